The summed E-state index contributed by atoms with van der Waals surface area (Å²) in [7, 11) is -0.564. The summed E-state index contributed by atoms with van der Waals surface area (Å²) in [5, 5.41) is 1.70. The zero-order chi connectivity index (χ0) is 30.1. The number of H-pyrrole nitrogens is 1. The van der Waals surface area contributed by atoms with Crippen LogP contribution in [0, 0.1) is 13.8 Å². The Balaban J connectivity index is 1.36. The fraction of sp³-hybridized carbons (Fsp3) is 0.500. The Morgan fingerprint density at radius 2 is 1.56 bits per heavy atom. The summed E-state index contributed by atoms with van der Waals surface area (Å²) in [5.74, 6) is 2.68. The van der Waals surface area contributed by atoms with Crippen molar-refractivity contribution in [3.05, 3.63) is 58.0 Å². The van der Waals surface area contributed by atoms with Crippen LogP contribution in [-0.4, -0.2) is 81.1 Å². The average Bonchev–Trinajstić information content (AvgIpc) is 3.44. The SMILES string of the molecule is Cc1nc(C)nc(N2CCc3c([nH]c4c(B5OC(C)(C)C(C)(C)O5)cc(Cl)cc34)C2c2cnc(N3CCOCC3)nc2)n1. The number of nitrogens with one attached hydrogen (secondary N) is 1. The minimum absolute atomic E-state index is 0.263. The van der Waals surface area contributed by atoms with Crippen molar-refractivity contribution < 1.29 is 14.0 Å². The van der Waals surface area contributed by atoms with E-state index in [1.807, 2.05) is 38.4 Å². The molecule has 3 aromatic heterocycles. The van der Waals surface area contributed by atoms with Gasteiger partial charge in [-0.25, -0.2) is 15.0 Å². The summed E-state index contributed by atoms with van der Waals surface area (Å²) in [5.41, 5.74) is 4.03. The van der Waals surface area contributed by atoms with Crippen LogP contribution in [0.1, 0.15) is 62.2 Å². The summed E-state index contributed by atoms with van der Waals surface area (Å²) >= 11 is 6.75. The Morgan fingerprint density at radius 1 is 0.907 bits per heavy atom. The van der Waals surface area contributed by atoms with Gasteiger partial charge >= 0.3 is 7.12 Å². The predicted octanol–water partition coefficient (Wildman–Crippen LogP) is 3.70. The van der Waals surface area contributed by atoms with Gasteiger partial charge in [0.15, 0.2) is 0 Å². The zero-order valence-electron chi connectivity index (χ0n) is 25.4. The molecule has 1 aromatic carbocycles. The minimum Gasteiger partial charge on any atom is -0.399 e. The number of morpholine rings is 1. The molecule has 7 rings (SSSR count). The highest BCUT2D eigenvalue weighted by molar-refractivity contribution is 6.65. The molecule has 11 nitrogen and oxygen atoms in total. The summed E-state index contributed by atoms with van der Waals surface area (Å²) in [4.78, 5) is 31.6. The predicted molar refractivity (Wildman–Crippen MR) is 166 cm³/mol. The number of aromatic nitrogens is 6. The molecule has 0 bridgehead atoms. The van der Waals surface area contributed by atoms with E-state index in [0.717, 1.165) is 47.1 Å². The second-order valence-corrected chi connectivity index (χ2v) is 13.0. The lowest BCUT2D eigenvalue weighted by Gasteiger charge is -2.36. The van der Waals surface area contributed by atoms with Crippen LogP contribution in [0.3, 0.4) is 0 Å². The van der Waals surface area contributed by atoms with E-state index in [2.05, 4.69) is 47.5 Å². The lowest BCUT2D eigenvalue weighted by Crippen LogP contribution is -2.41. The van der Waals surface area contributed by atoms with E-state index in [1.165, 1.54) is 5.56 Å². The molecule has 2 saturated heterocycles. The molecule has 4 aromatic rings. The van der Waals surface area contributed by atoms with Crippen molar-refractivity contribution in [3.63, 3.8) is 0 Å². The summed E-state index contributed by atoms with van der Waals surface area (Å²) in [6.45, 7) is 15.6. The Kier molecular flexibility index (Phi) is 6.88. The number of anilines is 2. The van der Waals surface area contributed by atoms with Gasteiger partial charge in [0.25, 0.3) is 0 Å². The largest absolute Gasteiger partial charge is 0.497 e. The second kappa shape index (κ2) is 10.4. The lowest BCUT2D eigenvalue weighted by atomic mass is 9.77. The van der Waals surface area contributed by atoms with E-state index in [0.29, 0.717) is 48.3 Å². The topological polar surface area (TPSA) is 114 Å². The van der Waals surface area contributed by atoms with Gasteiger partial charge in [0.1, 0.15) is 17.7 Å². The quantitative estimate of drug-likeness (QED) is 0.347. The van der Waals surface area contributed by atoms with Crippen molar-refractivity contribution in [2.75, 3.05) is 42.6 Å². The van der Waals surface area contributed by atoms with Gasteiger partial charge in [0.05, 0.1) is 24.4 Å². The van der Waals surface area contributed by atoms with Gasteiger partial charge in [-0.3, -0.25) is 0 Å². The van der Waals surface area contributed by atoms with Crippen molar-refractivity contribution in [1.82, 2.24) is 29.9 Å². The highest BCUT2D eigenvalue weighted by atomic mass is 35.5. The van der Waals surface area contributed by atoms with Crippen molar-refractivity contribution in [2.24, 2.45) is 0 Å². The average molecular weight is 603 g/mol. The number of aromatic amines is 1. The second-order valence-electron chi connectivity index (χ2n) is 12.5. The number of halogens is 1. The highest BCUT2D eigenvalue weighted by Gasteiger charge is 2.52. The lowest BCUT2D eigenvalue weighted by molar-refractivity contribution is 0.00578. The first-order valence-corrected chi connectivity index (χ1v) is 15.2. The standard InChI is InChI=1S/C30H36BClN8O3/c1-17-35-18(2)37-28(36-17)40-8-7-21-22-13-20(32)14-23(31-42-29(3,4)30(5,6)43-31)24(22)38-25(21)26(40)19-15-33-27(34-16-19)39-9-11-41-12-10-39/h13-16,26,38H,7-12H2,1-6H3. The van der Waals surface area contributed by atoms with Gasteiger partial charge in [-0.15, -0.1) is 0 Å². The van der Waals surface area contributed by atoms with Crippen molar-refractivity contribution in [3.8, 4) is 0 Å². The maximum absolute atomic E-state index is 6.75. The maximum atomic E-state index is 6.75. The summed E-state index contributed by atoms with van der Waals surface area (Å²) in [6.07, 6.45) is 4.60. The van der Waals surface area contributed by atoms with Crippen LogP contribution in [0.2, 0.25) is 5.02 Å². The molecule has 6 heterocycles. The van der Waals surface area contributed by atoms with Gasteiger partial charge in [-0.1, -0.05) is 11.6 Å². The third-order valence-electron chi connectivity index (χ3n) is 9.11. The number of fused-ring (bicyclic) bond motifs is 3. The summed E-state index contributed by atoms with van der Waals surface area (Å²) < 4.78 is 18.5. The molecule has 1 atom stereocenters. The first-order chi connectivity index (χ1) is 20.5. The summed E-state index contributed by atoms with van der Waals surface area (Å²) in [6, 6.07) is 3.71. The molecule has 0 radical (unpaired) electrons. The van der Waals surface area contributed by atoms with Gasteiger partial charge in [0.2, 0.25) is 11.9 Å². The van der Waals surface area contributed by atoms with Crippen LogP contribution in [0.25, 0.3) is 10.9 Å². The van der Waals surface area contributed by atoms with Crippen LogP contribution in [-0.2, 0) is 20.5 Å². The monoisotopic (exact) mass is 602 g/mol. The third-order valence-corrected chi connectivity index (χ3v) is 9.33. The molecule has 13 heteroatoms. The molecular weight excluding hydrogens is 567 g/mol. The molecule has 3 aliphatic heterocycles. The molecular formula is C30H36BClN8O3. The van der Waals surface area contributed by atoms with Crippen molar-refractivity contribution in [2.45, 2.75) is 65.2 Å². The Labute approximate surface area is 256 Å². The molecule has 0 saturated carbocycles. The normalized spacial score (nSPS) is 21.5. The van der Waals surface area contributed by atoms with E-state index in [4.69, 9.17) is 45.6 Å². The van der Waals surface area contributed by atoms with Crippen LogP contribution < -0.4 is 15.3 Å². The number of aryl methyl sites for hydroxylation is 2. The van der Waals surface area contributed by atoms with Crippen LogP contribution >= 0.6 is 11.6 Å². The number of hydrogen-bond donors (Lipinski definition) is 1. The van der Waals surface area contributed by atoms with Crippen molar-refractivity contribution >= 4 is 47.0 Å². The van der Waals surface area contributed by atoms with Gasteiger partial charge in [-0.2, -0.15) is 9.97 Å². The Bertz CT molecular complexity index is 1650. The van der Waals surface area contributed by atoms with Gasteiger partial charge in [-0.05, 0) is 65.7 Å². The van der Waals surface area contributed by atoms with Gasteiger partial charge in [0, 0.05) is 64.7 Å². The first-order valence-electron chi connectivity index (χ1n) is 14.8. The number of ether oxygens (including phenoxy) is 1. The third kappa shape index (κ3) is 4.94. The molecule has 43 heavy (non-hydrogen) atoms. The molecule has 1 N–H and O–H groups in total. The van der Waals surface area contributed by atoms with E-state index in [1.54, 1.807) is 0 Å². The maximum Gasteiger partial charge on any atom is 0.497 e. The minimum atomic E-state index is -0.564. The number of rotatable bonds is 4. The first kappa shape index (κ1) is 28.5. The van der Waals surface area contributed by atoms with Gasteiger partial charge < -0.3 is 28.8 Å². The Morgan fingerprint density at radius 3 is 2.21 bits per heavy atom. The fourth-order valence-electron chi connectivity index (χ4n) is 6.22. The van der Waals surface area contributed by atoms with Crippen LogP contribution in [0.4, 0.5) is 11.9 Å². The Hall–Kier alpha value is -3.32. The highest BCUT2D eigenvalue weighted by Crippen LogP contribution is 2.42. The number of benzene rings is 1. The molecule has 0 spiro atoms. The molecule has 0 amide bonds. The van der Waals surface area contributed by atoms with E-state index < -0.39 is 18.3 Å². The zero-order valence-corrected chi connectivity index (χ0v) is 26.2. The molecule has 2 fully saturated rings. The van der Waals surface area contributed by atoms with E-state index in [9.17, 15) is 0 Å². The van der Waals surface area contributed by atoms with Crippen LogP contribution in [0.5, 0.6) is 0 Å². The fourth-order valence-corrected chi connectivity index (χ4v) is 6.45. The van der Waals surface area contributed by atoms with E-state index >= 15 is 0 Å². The number of nitrogens with zero attached hydrogens (tertiary/aromatic N) is 7. The molecule has 3 aliphatic rings. The van der Waals surface area contributed by atoms with Crippen LogP contribution in [0.15, 0.2) is 24.5 Å². The smallest absolute Gasteiger partial charge is 0.399 e. The molecule has 224 valence electrons. The molecule has 1 unspecified atom stereocenters. The molecule has 0 aliphatic carbocycles. The number of hydrogen-bond acceptors (Lipinski definition) is 10. The van der Waals surface area contributed by atoms with E-state index in [-0.39, 0.29) is 6.04 Å². The van der Waals surface area contributed by atoms with Crippen molar-refractivity contribution in [1.29, 1.82) is 0 Å².